The van der Waals surface area contributed by atoms with Gasteiger partial charge in [0.15, 0.2) is 22.5 Å². The summed E-state index contributed by atoms with van der Waals surface area (Å²) in [6.45, 7) is 3.54. The monoisotopic (exact) mass is 405 g/mol. The molecule has 0 amide bonds. The Hall–Kier alpha value is -2.74. The Balaban J connectivity index is 2.05. The van der Waals surface area contributed by atoms with Gasteiger partial charge in [-0.3, -0.25) is 4.79 Å². The lowest BCUT2D eigenvalue weighted by Gasteiger charge is -2.16. The summed E-state index contributed by atoms with van der Waals surface area (Å²) < 4.78 is 43.2. The Morgan fingerprint density at radius 2 is 1.82 bits per heavy atom. The van der Waals surface area contributed by atoms with E-state index in [-0.39, 0.29) is 23.4 Å². The zero-order valence-electron chi connectivity index (χ0n) is 15.7. The van der Waals surface area contributed by atoms with E-state index in [0.29, 0.717) is 22.4 Å². The normalized spacial score (nSPS) is 16.6. The van der Waals surface area contributed by atoms with Crippen molar-refractivity contribution < 1.29 is 27.2 Å². The fraction of sp³-hybridized carbons (Fsp3) is 0.300. The third kappa shape index (κ3) is 4.22. The highest BCUT2D eigenvalue weighted by molar-refractivity contribution is 7.90. The number of benzene rings is 2. The zero-order chi connectivity index (χ0) is 20.5. The van der Waals surface area contributed by atoms with Crippen molar-refractivity contribution in [3.8, 4) is 11.1 Å². The van der Waals surface area contributed by atoms with Crippen LogP contribution in [0.4, 0.5) is 4.39 Å². The minimum absolute atomic E-state index is 0.0908. The van der Waals surface area contributed by atoms with E-state index >= 15 is 0 Å². The van der Waals surface area contributed by atoms with Crippen molar-refractivity contribution in [2.24, 2.45) is 11.1 Å². The van der Waals surface area contributed by atoms with E-state index in [1.54, 1.807) is 26.0 Å². The van der Waals surface area contributed by atoms with Gasteiger partial charge < -0.3 is 9.57 Å². The Morgan fingerprint density at radius 3 is 2.43 bits per heavy atom. The summed E-state index contributed by atoms with van der Waals surface area (Å²) in [5.41, 5.74) is 1.91. The van der Waals surface area contributed by atoms with Gasteiger partial charge in [-0.05, 0) is 29.8 Å². The number of carbonyl (C=O) groups is 1. The Morgan fingerprint density at radius 1 is 1.18 bits per heavy atom. The summed E-state index contributed by atoms with van der Waals surface area (Å²) in [7, 11) is -3.53. The highest BCUT2D eigenvalue weighted by atomic mass is 32.2. The molecule has 1 unspecified atom stereocenters. The van der Waals surface area contributed by atoms with E-state index < -0.39 is 21.8 Å². The van der Waals surface area contributed by atoms with Gasteiger partial charge in [-0.2, -0.15) is 0 Å². The molecular weight excluding hydrogens is 385 g/mol. The maximum atomic E-state index is 13.3. The molecule has 1 atom stereocenters. The number of esters is 1. The second kappa shape index (κ2) is 7.71. The Labute approximate surface area is 162 Å². The van der Waals surface area contributed by atoms with Crippen LogP contribution in [0, 0.1) is 11.7 Å². The van der Waals surface area contributed by atoms with E-state index in [1.165, 1.54) is 30.3 Å². The number of oxime groups is 1. The second-order valence-corrected chi connectivity index (χ2v) is 8.83. The molecule has 0 saturated heterocycles. The number of ether oxygens (including phenoxy) is 1. The molecule has 28 heavy (non-hydrogen) atoms. The number of hydrogen-bond acceptors (Lipinski definition) is 6. The lowest BCUT2D eigenvalue weighted by atomic mass is 9.99. The van der Waals surface area contributed by atoms with Crippen molar-refractivity contribution in [1.29, 1.82) is 0 Å². The van der Waals surface area contributed by atoms with Gasteiger partial charge in [0.05, 0.1) is 10.8 Å². The molecule has 8 heteroatoms. The SMILES string of the molecule is CC(C)C(=O)OC1CON=C1c1ccc(S(C)(=O)=O)c(-c2ccc(F)cc2)c1. The van der Waals surface area contributed by atoms with E-state index in [4.69, 9.17) is 9.57 Å². The first-order valence-electron chi connectivity index (χ1n) is 8.67. The number of carbonyl (C=O) groups excluding carboxylic acids is 1. The Kier molecular flexibility index (Phi) is 5.51. The maximum Gasteiger partial charge on any atom is 0.309 e. The molecule has 0 bridgehead atoms. The van der Waals surface area contributed by atoms with Crippen LogP contribution in [-0.2, 0) is 24.2 Å². The largest absolute Gasteiger partial charge is 0.452 e. The summed E-state index contributed by atoms with van der Waals surface area (Å²) in [6.07, 6.45) is 0.429. The molecule has 2 aromatic carbocycles. The van der Waals surface area contributed by atoms with Crippen LogP contribution in [0.15, 0.2) is 52.5 Å². The molecule has 6 nitrogen and oxygen atoms in total. The van der Waals surface area contributed by atoms with Crippen molar-refractivity contribution >= 4 is 21.5 Å². The second-order valence-electron chi connectivity index (χ2n) is 6.84. The van der Waals surface area contributed by atoms with Gasteiger partial charge in [-0.15, -0.1) is 0 Å². The van der Waals surface area contributed by atoms with Crippen molar-refractivity contribution in [1.82, 2.24) is 0 Å². The van der Waals surface area contributed by atoms with Gasteiger partial charge in [0.2, 0.25) is 0 Å². The first-order chi connectivity index (χ1) is 13.2. The van der Waals surface area contributed by atoms with Gasteiger partial charge in [-0.1, -0.05) is 37.2 Å². The quantitative estimate of drug-likeness (QED) is 0.714. The van der Waals surface area contributed by atoms with Crippen LogP contribution >= 0.6 is 0 Å². The average Bonchev–Trinajstić information content (AvgIpc) is 3.09. The molecule has 0 radical (unpaired) electrons. The molecule has 0 aliphatic carbocycles. The highest BCUT2D eigenvalue weighted by Crippen LogP contribution is 2.30. The number of rotatable bonds is 5. The van der Waals surface area contributed by atoms with Gasteiger partial charge in [0, 0.05) is 17.4 Å². The molecule has 1 aliphatic heterocycles. The van der Waals surface area contributed by atoms with E-state index in [2.05, 4.69) is 5.16 Å². The first-order valence-corrected chi connectivity index (χ1v) is 10.6. The van der Waals surface area contributed by atoms with Crippen LogP contribution in [0.3, 0.4) is 0 Å². The number of hydrogen-bond donors (Lipinski definition) is 0. The first kappa shape index (κ1) is 20.0. The predicted molar refractivity (Wildman–Crippen MR) is 102 cm³/mol. The fourth-order valence-electron chi connectivity index (χ4n) is 2.78. The summed E-state index contributed by atoms with van der Waals surface area (Å²) >= 11 is 0. The summed E-state index contributed by atoms with van der Waals surface area (Å²) in [5, 5.41) is 3.97. The lowest BCUT2D eigenvalue weighted by molar-refractivity contribution is -0.150. The van der Waals surface area contributed by atoms with E-state index in [1.807, 2.05) is 0 Å². The third-order valence-electron chi connectivity index (χ3n) is 4.25. The molecule has 3 rings (SSSR count). The van der Waals surface area contributed by atoms with Crippen LogP contribution in [0.1, 0.15) is 19.4 Å². The molecule has 1 heterocycles. The van der Waals surface area contributed by atoms with Crippen molar-refractivity contribution in [3.05, 3.63) is 53.8 Å². The minimum atomic E-state index is -3.53. The average molecular weight is 405 g/mol. The number of nitrogens with zero attached hydrogens (tertiary/aromatic N) is 1. The lowest BCUT2D eigenvalue weighted by Crippen LogP contribution is -2.29. The maximum absolute atomic E-state index is 13.3. The molecule has 0 N–H and O–H groups in total. The molecule has 2 aromatic rings. The molecule has 0 aromatic heterocycles. The van der Waals surface area contributed by atoms with Crippen LogP contribution in [0.5, 0.6) is 0 Å². The smallest absolute Gasteiger partial charge is 0.309 e. The van der Waals surface area contributed by atoms with Crippen LogP contribution in [0.25, 0.3) is 11.1 Å². The topological polar surface area (TPSA) is 82.0 Å². The zero-order valence-corrected chi connectivity index (χ0v) is 16.5. The molecule has 0 fully saturated rings. The van der Waals surface area contributed by atoms with Gasteiger partial charge in [0.25, 0.3) is 0 Å². The number of halogens is 1. The third-order valence-corrected chi connectivity index (χ3v) is 5.41. The molecule has 0 saturated carbocycles. The molecule has 1 aliphatic rings. The summed E-state index contributed by atoms with van der Waals surface area (Å²) in [5.74, 6) is -1.10. The van der Waals surface area contributed by atoms with E-state index in [9.17, 15) is 17.6 Å². The predicted octanol–water partition coefficient (Wildman–Crippen LogP) is 3.20. The van der Waals surface area contributed by atoms with E-state index in [0.717, 1.165) is 6.26 Å². The van der Waals surface area contributed by atoms with Gasteiger partial charge in [0.1, 0.15) is 11.5 Å². The summed E-state index contributed by atoms with van der Waals surface area (Å²) in [6, 6.07) is 10.2. The summed E-state index contributed by atoms with van der Waals surface area (Å²) in [4.78, 5) is 17.1. The van der Waals surface area contributed by atoms with Gasteiger partial charge >= 0.3 is 5.97 Å². The highest BCUT2D eigenvalue weighted by Gasteiger charge is 2.30. The van der Waals surface area contributed by atoms with Crippen LogP contribution in [-0.4, -0.2) is 39.1 Å². The fourth-order valence-corrected chi connectivity index (χ4v) is 3.68. The minimum Gasteiger partial charge on any atom is -0.452 e. The number of sulfone groups is 1. The molecular formula is C20H20FNO5S. The van der Waals surface area contributed by atoms with Crippen LogP contribution in [0.2, 0.25) is 0 Å². The van der Waals surface area contributed by atoms with Crippen molar-refractivity contribution in [2.75, 3.05) is 12.9 Å². The molecule has 148 valence electrons. The van der Waals surface area contributed by atoms with Crippen molar-refractivity contribution in [3.63, 3.8) is 0 Å². The molecule has 0 spiro atoms. The van der Waals surface area contributed by atoms with Gasteiger partial charge in [-0.25, -0.2) is 12.8 Å². The Bertz CT molecular complexity index is 1030. The van der Waals surface area contributed by atoms with Crippen LogP contribution < -0.4 is 0 Å². The standard InChI is InChI=1S/C20H20FNO5S/c1-12(2)20(23)27-17-11-26-22-19(17)14-6-9-18(28(3,24)25)16(10-14)13-4-7-15(21)8-5-13/h4-10,12,17H,11H2,1-3H3. The van der Waals surface area contributed by atoms with Crippen molar-refractivity contribution in [2.45, 2.75) is 24.8 Å².